The molecule has 0 atom stereocenters. The zero-order chi connectivity index (χ0) is 15.2. The van der Waals surface area contributed by atoms with Gasteiger partial charge >= 0.3 is 0 Å². The third-order valence-electron chi connectivity index (χ3n) is 2.70. The summed E-state index contributed by atoms with van der Waals surface area (Å²) in [5, 5.41) is 8.42. The van der Waals surface area contributed by atoms with E-state index >= 15 is 0 Å². The molecule has 0 aromatic carbocycles. The summed E-state index contributed by atoms with van der Waals surface area (Å²) in [6, 6.07) is 0. The minimum Gasteiger partial charge on any atom is -0.252 e. The van der Waals surface area contributed by atoms with E-state index in [-0.39, 0.29) is 10.8 Å². The Balaban J connectivity index is 2.27. The predicted molar refractivity (Wildman–Crippen MR) is 84.3 cm³/mol. The van der Waals surface area contributed by atoms with E-state index in [0.717, 1.165) is 37.9 Å². The normalized spacial score (nSPS) is 12.1. The Kier molecular flexibility index (Phi) is 5.80. The maximum absolute atomic E-state index is 4.23. The van der Waals surface area contributed by atoms with Crippen LogP contribution in [0.3, 0.4) is 0 Å². The van der Waals surface area contributed by atoms with Crippen LogP contribution >= 0.6 is 0 Å². The summed E-state index contributed by atoms with van der Waals surface area (Å²) in [5.74, 6) is 6.52. The molecule has 1 rings (SSSR count). The van der Waals surface area contributed by atoms with Gasteiger partial charge in [0.25, 0.3) is 0 Å². The Bertz CT molecular complexity index is 461. The number of aryl methyl sites for hydroxylation is 1. The molecule has 0 N–H and O–H groups in total. The number of nitrogens with zero attached hydrogens (tertiary/aromatic N) is 3. The number of unbranched alkanes of at least 4 members (excludes halogenated alkanes) is 2. The smallest absolute Gasteiger partial charge is 0.0832 e. The lowest BCUT2D eigenvalue weighted by Gasteiger charge is -2.15. The molecular weight excluding hydrogens is 246 g/mol. The lowest BCUT2D eigenvalue weighted by atomic mass is 9.91. The van der Waals surface area contributed by atoms with Crippen LogP contribution in [0, 0.1) is 22.7 Å². The number of hydrogen-bond donors (Lipinski definition) is 0. The molecule has 0 radical (unpaired) electrons. The molecule has 1 heterocycles. The molecule has 0 unspecified atom stereocenters. The van der Waals surface area contributed by atoms with Crippen molar-refractivity contribution in [2.45, 2.75) is 73.8 Å². The van der Waals surface area contributed by atoms with Crippen molar-refractivity contribution in [2.24, 2.45) is 10.8 Å². The maximum Gasteiger partial charge on any atom is 0.0832 e. The van der Waals surface area contributed by atoms with Crippen molar-refractivity contribution in [1.82, 2.24) is 15.0 Å². The van der Waals surface area contributed by atoms with Gasteiger partial charge in [0.15, 0.2) is 0 Å². The third kappa shape index (κ3) is 7.99. The molecule has 1 aromatic heterocycles. The molecule has 0 amide bonds. The molecule has 0 aliphatic carbocycles. The minimum absolute atomic E-state index is 0.119. The van der Waals surface area contributed by atoms with Gasteiger partial charge in [0.2, 0.25) is 0 Å². The summed E-state index contributed by atoms with van der Waals surface area (Å²) in [6.45, 7) is 14.0. The van der Waals surface area contributed by atoms with Crippen molar-refractivity contribution >= 4 is 0 Å². The highest BCUT2D eigenvalue weighted by Gasteiger charge is 2.13. The van der Waals surface area contributed by atoms with Gasteiger partial charge in [-0.2, -0.15) is 0 Å². The van der Waals surface area contributed by atoms with Crippen LogP contribution in [0.15, 0.2) is 6.20 Å². The van der Waals surface area contributed by atoms with Gasteiger partial charge in [0, 0.05) is 24.6 Å². The second-order valence-corrected chi connectivity index (χ2v) is 7.72. The lowest BCUT2D eigenvalue weighted by molar-refractivity contribution is 0.406. The largest absolute Gasteiger partial charge is 0.252 e. The summed E-state index contributed by atoms with van der Waals surface area (Å²) < 4.78 is 1.96. The molecule has 3 heteroatoms. The first kappa shape index (κ1) is 16.8. The fraction of sp³-hybridized carbons (Fsp3) is 0.765. The first-order valence-corrected chi connectivity index (χ1v) is 7.55. The summed E-state index contributed by atoms with van der Waals surface area (Å²) in [7, 11) is 0. The van der Waals surface area contributed by atoms with Gasteiger partial charge in [-0.25, -0.2) is 0 Å². The van der Waals surface area contributed by atoms with Crippen molar-refractivity contribution in [1.29, 1.82) is 0 Å². The lowest BCUT2D eigenvalue weighted by Crippen LogP contribution is -2.09. The predicted octanol–water partition coefficient (Wildman–Crippen LogP) is 4.09. The van der Waals surface area contributed by atoms with E-state index in [9.17, 15) is 0 Å². The minimum atomic E-state index is 0.119. The summed E-state index contributed by atoms with van der Waals surface area (Å²) in [4.78, 5) is 0. The number of aromatic nitrogens is 3. The first-order valence-electron chi connectivity index (χ1n) is 7.55. The van der Waals surface area contributed by atoms with Crippen molar-refractivity contribution in [2.75, 3.05) is 0 Å². The summed E-state index contributed by atoms with van der Waals surface area (Å²) in [5.41, 5.74) is 1.47. The van der Waals surface area contributed by atoms with Crippen LogP contribution in [-0.2, 0) is 13.0 Å². The Hall–Kier alpha value is -1.30. The van der Waals surface area contributed by atoms with Gasteiger partial charge < -0.3 is 0 Å². The van der Waals surface area contributed by atoms with Crippen LogP contribution in [0.4, 0.5) is 0 Å². The highest BCUT2D eigenvalue weighted by Crippen LogP contribution is 2.18. The van der Waals surface area contributed by atoms with Gasteiger partial charge in [0.05, 0.1) is 5.69 Å². The topological polar surface area (TPSA) is 30.7 Å². The fourth-order valence-electron chi connectivity index (χ4n) is 1.89. The second kappa shape index (κ2) is 6.92. The standard InChI is InChI=1S/C17H29N3/c1-16(2,3)11-9-7-8-10-12-20-14-15(18-19-20)13-17(4,5)6/h14H,7-8,10,12-13H2,1-6H3. The van der Waals surface area contributed by atoms with E-state index < -0.39 is 0 Å². The highest BCUT2D eigenvalue weighted by molar-refractivity contribution is 5.06. The van der Waals surface area contributed by atoms with E-state index in [4.69, 9.17) is 0 Å². The first-order chi connectivity index (χ1) is 9.16. The van der Waals surface area contributed by atoms with Gasteiger partial charge in [-0.15, -0.1) is 11.0 Å². The van der Waals surface area contributed by atoms with E-state index in [1.54, 1.807) is 0 Å². The van der Waals surface area contributed by atoms with Gasteiger partial charge in [-0.3, -0.25) is 4.68 Å². The molecule has 0 saturated heterocycles. The van der Waals surface area contributed by atoms with Gasteiger partial charge in [-0.05, 0) is 45.4 Å². The Morgan fingerprint density at radius 1 is 1.10 bits per heavy atom. The van der Waals surface area contributed by atoms with E-state index in [1.807, 2.05) is 4.68 Å². The van der Waals surface area contributed by atoms with Crippen LogP contribution in [0.2, 0.25) is 0 Å². The average Bonchev–Trinajstić information content (AvgIpc) is 2.66. The zero-order valence-corrected chi connectivity index (χ0v) is 14.0. The highest BCUT2D eigenvalue weighted by atomic mass is 15.4. The molecule has 0 aliphatic heterocycles. The molecule has 0 aliphatic rings. The molecule has 3 nitrogen and oxygen atoms in total. The summed E-state index contributed by atoms with van der Waals surface area (Å²) in [6.07, 6.45) is 6.26. The van der Waals surface area contributed by atoms with E-state index in [0.29, 0.717) is 0 Å². The number of rotatable bonds is 5. The van der Waals surface area contributed by atoms with Crippen LogP contribution < -0.4 is 0 Å². The van der Waals surface area contributed by atoms with E-state index in [1.165, 1.54) is 0 Å². The second-order valence-electron chi connectivity index (χ2n) is 7.72. The van der Waals surface area contributed by atoms with Crippen LogP contribution in [0.5, 0.6) is 0 Å². The average molecular weight is 275 g/mol. The summed E-state index contributed by atoms with van der Waals surface area (Å²) >= 11 is 0. The molecule has 0 fully saturated rings. The number of hydrogen-bond acceptors (Lipinski definition) is 2. The zero-order valence-electron chi connectivity index (χ0n) is 14.0. The molecule has 20 heavy (non-hydrogen) atoms. The SMILES string of the molecule is CC(C)(C)C#CCCCCn1cc(CC(C)(C)C)nn1. The molecular formula is C17H29N3. The van der Waals surface area contributed by atoms with Gasteiger partial charge in [0.1, 0.15) is 0 Å². The van der Waals surface area contributed by atoms with Crippen molar-refractivity contribution in [3.8, 4) is 11.8 Å². The quantitative estimate of drug-likeness (QED) is 0.598. The third-order valence-corrected chi connectivity index (χ3v) is 2.70. The van der Waals surface area contributed by atoms with Crippen LogP contribution in [-0.4, -0.2) is 15.0 Å². The Morgan fingerprint density at radius 3 is 2.40 bits per heavy atom. The monoisotopic (exact) mass is 275 g/mol. The molecule has 0 saturated carbocycles. The molecule has 112 valence electrons. The van der Waals surface area contributed by atoms with Crippen molar-refractivity contribution in [3.05, 3.63) is 11.9 Å². The van der Waals surface area contributed by atoms with Crippen molar-refractivity contribution in [3.63, 3.8) is 0 Å². The van der Waals surface area contributed by atoms with Crippen LogP contribution in [0.25, 0.3) is 0 Å². The Morgan fingerprint density at radius 2 is 1.80 bits per heavy atom. The van der Waals surface area contributed by atoms with Crippen LogP contribution in [0.1, 0.15) is 66.5 Å². The Labute approximate surface area is 124 Å². The molecule has 0 spiro atoms. The molecule has 0 bridgehead atoms. The van der Waals surface area contributed by atoms with E-state index in [2.05, 4.69) is 69.9 Å². The molecule has 1 aromatic rings. The van der Waals surface area contributed by atoms with Gasteiger partial charge in [-0.1, -0.05) is 31.9 Å². The maximum atomic E-state index is 4.23. The van der Waals surface area contributed by atoms with Crippen molar-refractivity contribution < 1.29 is 0 Å². The fourth-order valence-corrected chi connectivity index (χ4v) is 1.89.